The summed E-state index contributed by atoms with van der Waals surface area (Å²) >= 11 is 0. The average molecular weight is 292 g/mol. The zero-order valence-electron chi connectivity index (χ0n) is 12.5. The molecule has 0 unspecified atom stereocenters. The maximum absolute atomic E-state index is 12.7. The Hall–Kier alpha value is -2.18. The lowest BCUT2D eigenvalue weighted by molar-refractivity contribution is -0.385. The van der Waals surface area contributed by atoms with Crippen LogP contribution in [0, 0.1) is 10.1 Å². The lowest BCUT2D eigenvalue weighted by atomic mass is 10.0. The number of amides is 1. The molecule has 0 aromatic carbocycles. The molecule has 1 aromatic heterocycles. The fourth-order valence-corrected chi connectivity index (χ4v) is 2.67. The van der Waals surface area contributed by atoms with E-state index in [2.05, 4.69) is 10.3 Å². The summed E-state index contributed by atoms with van der Waals surface area (Å²) in [6.45, 7) is 7.12. The molecule has 0 aliphatic carbocycles. The Morgan fingerprint density at radius 2 is 2.29 bits per heavy atom. The number of anilines is 1. The molecule has 0 spiro atoms. The van der Waals surface area contributed by atoms with Crippen molar-refractivity contribution in [3.63, 3.8) is 0 Å². The SMILES string of the molecule is CCNc1cc(C(=O)N2CCCC2(C)C)c([N+](=O)[O-])cn1. The van der Waals surface area contributed by atoms with E-state index in [-0.39, 0.29) is 22.7 Å². The first-order valence-electron chi connectivity index (χ1n) is 7.07. The lowest BCUT2D eigenvalue weighted by Crippen LogP contribution is -2.42. The van der Waals surface area contributed by atoms with Gasteiger partial charge in [-0.1, -0.05) is 0 Å². The van der Waals surface area contributed by atoms with Gasteiger partial charge in [-0.05, 0) is 33.6 Å². The Kier molecular flexibility index (Phi) is 4.11. The molecule has 1 aliphatic rings. The number of carbonyl (C=O) groups is 1. The van der Waals surface area contributed by atoms with E-state index in [4.69, 9.17) is 0 Å². The third-order valence-corrected chi connectivity index (χ3v) is 3.81. The van der Waals surface area contributed by atoms with Crippen molar-refractivity contribution in [2.75, 3.05) is 18.4 Å². The highest BCUT2D eigenvalue weighted by Crippen LogP contribution is 2.32. The van der Waals surface area contributed by atoms with E-state index in [0.29, 0.717) is 18.9 Å². The summed E-state index contributed by atoms with van der Waals surface area (Å²) in [6, 6.07) is 1.47. The monoisotopic (exact) mass is 292 g/mol. The molecule has 0 saturated carbocycles. The lowest BCUT2D eigenvalue weighted by Gasteiger charge is -2.31. The van der Waals surface area contributed by atoms with Crippen LogP contribution in [0.1, 0.15) is 44.0 Å². The van der Waals surface area contributed by atoms with Gasteiger partial charge in [0.05, 0.1) is 4.92 Å². The third kappa shape index (κ3) is 2.96. The topological polar surface area (TPSA) is 88.4 Å². The Morgan fingerprint density at radius 3 is 2.81 bits per heavy atom. The largest absolute Gasteiger partial charge is 0.370 e. The minimum Gasteiger partial charge on any atom is -0.370 e. The van der Waals surface area contributed by atoms with Gasteiger partial charge in [-0.15, -0.1) is 0 Å². The molecule has 7 nitrogen and oxygen atoms in total. The molecule has 1 N–H and O–H groups in total. The maximum atomic E-state index is 12.7. The summed E-state index contributed by atoms with van der Waals surface area (Å²) in [7, 11) is 0. The molecular formula is C14H20N4O3. The average Bonchev–Trinajstić information content (AvgIpc) is 2.77. The minimum absolute atomic E-state index is 0.0981. The highest BCUT2D eigenvalue weighted by molar-refractivity contribution is 5.99. The van der Waals surface area contributed by atoms with Crippen molar-refractivity contribution in [2.24, 2.45) is 0 Å². The van der Waals surface area contributed by atoms with Crippen LogP contribution in [0.3, 0.4) is 0 Å². The van der Waals surface area contributed by atoms with Gasteiger partial charge in [0.1, 0.15) is 17.6 Å². The van der Waals surface area contributed by atoms with E-state index < -0.39 is 4.92 Å². The Bertz CT molecular complexity index is 571. The second kappa shape index (κ2) is 5.67. The number of aromatic nitrogens is 1. The molecule has 1 fully saturated rings. The summed E-state index contributed by atoms with van der Waals surface area (Å²) in [5, 5.41) is 14.1. The number of nitro groups is 1. The summed E-state index contributed by atoms with van der Waals surface area (Å²) < 4.78 is 0. The number of carbonyl (C=O) groups excluding carboxylic acids is 1. The quantitative estimate of drug-likeness (QED) is 0.680. The Balaban J connectivity index is 2.42. The van der Waals surface area contributed by atoms with Gasteiger partial charge in [0.25, 0.3) is 11.6 Å². The van der Waals surface area contributed by atoms with E-state index in [0.717, 1.165) is 19.0 Å². The van der Waals surface area contributed by atoms with Crippen LogP contribution < -0.4 is 5.32 Å². The van der Waals surface area contributed by atoms with Gasteiger partial charge in [-0.25, -0.2) is 4.98 Å². The molecule has 0 bridgehead atoms. The smallest absolute Gasteiger partial charge is 0.300 e. The molecule has 114 valence electrons. The second-order valence-electron chi connectivity index (χ2n) is 5.75. The molecular weight excluding hydrogens is 272 g/mol. The molecule has 7 heteroatoms. The van der Waals surface area contributed by atoms with Gasteiger partial charge >= 0.3 is 0 Å². The van der Waals surface area contributed by atoms with Crippen LogP contribution >= 0.6 is 0 Å². The van der Waals surface area contributed by atoms with E-state index in [1.54, 1.807) is 4.90 Å². The fourth-order valence-electron chi connectivity index (χ4n) is 2.67. The van der Waals surface area contributed by atoms with E-state index in [1.165, 1.54) is 6.07 Å². The molecule has 0 atom stereocenters. The van der Waals surface area contributed by atoms with Crippen molar-refractivity contribution in [2.45, 2.75) is 39.2 Å². The number of hydrogen-bond acceptors (Lipinski definition) is 5. The van der Waals surface area contributed by atoms with E-state index in [9.17, 15) is 14.9 Å². The maximum Gasteiger partial charge on any atom is 0.300 e. The Morgan fingerprint density at radius 1 is 1.57 bits per heavy atom. The van der Waals surface area contributed by atoms with Crippen LogP contribution in [0.15, 0.2) is 12.3 Å². The standard InChI is InChI=1S/C14H20N4O3/c1-4-15-12-8-10(11(9-16-12)18(20)21)13(19)17-7-5-6-14(17,2)3/h8-9H,4-7H2,1-3H3,(H,15,16). The summed E-state index contributed by atoms with van der Waals surface area (Å²) in [4.78, 5) is 29.0. The van der Waals surface area contributed by atoms with Crippen LogP contribution in [0.5, 0.6) is 0 Å². The highest BCUT2D eigenvalue weighted by atomic mass is 16.6. The van der Waals surface area contributed by atoms with Gasteiger partial charge < -0.3 is 10.2 Å². The zero-order chi connectivity index (χ0) is 15.6. The number of nitrogens with zero attached hydrogens (tertiary/aromatic N) is 3. The number of likely N-dealkylation sites (tertiary alicyclic amines) is 1. The number of rotatable bonds is 4. The van der Waals surface area contributed by atoms with Crippen molar-refractivity contribution in [1.82, 2.24) is 9.88 Å². The summed E-state index contributed by atoms with van der Waals surface area (Å²) in [5.74, 6) is 0.175. The number of hydrogen-bond donors (Lipinski definition) is 1. The first-order chi connectivity index (χ1) is 9.86. The van der Waals surface area contributed by atoms with Crippen molar-refractivity contribution >= 4 is 17.4 Å². The molecule has 1 aliphatic heterocycles. The van der Waals surface area contributed by atoms with Gasteiger partial charge in [-0.2, -0.15) is 0 Å². The predicted molar refractivity (Wildman–Crippen MR) is 79.4 cm³/mol. The zero-order valence-corrected chi connectivity index (χ0v) is 12.5. The summed E-state index contributed by atoms with van der Waals surface area (Å²) in [6.07, 6.45) is 2.96. The van der Waals surface area contributed by atoms with Gasteiger partial charge in [-0.3, -0.25) is 14.9 Å². The first-order valence-corrected chi connectivity index (χ1v) is 7.07. The number of nitrogens with one attached hydrogen (secondary N) is 1. The predicted octanol–water partition coefficient (Wildman–Crippen LogP) is 2.44. The second-order valence-corrected chi connectivity index (χ2v) is 5.75. The first kappa shape index (κ1) is 15.2. The molecule has 21 heavy (non-hydrogen) atoms. The van der Waals surface area contributed by atoms with Crippen molar-refractivity contribution in [3.05, 3.63) is 27.9 Å². The molecule has 0 radical (unpaired) electrons. The van der Waals surface area contributed by atoms with Crippen LogP contribution in [-0.2, 0) is 0 Å². The molecule has 1 aromatic rings. The third-order valence-electron chi connectivity index (χ3n) is 3.81. The van der Waals surface area contributed by atoms with Crippen molar-refractivity contribution < 1.29 is 9.72 Å². The molecule has 1 saturated heterocycles. The Labute approximate surface area is 123 Å². The van der Waals surface area contributed by atoms with Gasteiger partial charge in [0.2, 0.25) is 0 Å². The highest BCUT2D eigenvalue weighted by Gasteiger charge is 2.38. The van der Waals surface area contributed by atoms with Crippen LogP contribution in [0.25, 0.3) is 0 Å². The van der Waals surface area contributed by atoms with Gasteiger partial charge in [0.15, 0.2) is 0 Å². The summed E-state index contributed by atoms with van der Waals surface area (Å²) in [5.41, 5.74) is -0.419. The van der Waals surface area contributed by atoms with Crippen LogP contribution in [0.2, 0.25) is 0 Å². The fraction of sp³-hybridized carbons (Fsp3) is 0.571. The number of pyridine rings is 1. The van der Waals surface area contributed by atoms with Crippen LogP contribution in [0.4, 0.5) is 11.5 Å². The van der Waals surface area contributed by atoms with Gasteiger partial charge in [0, 0.05) is 24.7 Å². The molecule has 1 amide bonds. The minimum atomic E-state index is -0.557. The van der Waals surface area contributed by atoms with Crippen molar-refractivity contribution in [1.29, 1.82) is 0 Å². The van der Waals surface area contributed by atoms with Crippen LogP contribution in [-0.4, -0.2) is 39.3 Å². The van der Waals surface area contributed by atoms with Crippen molar-refractivity contribution in [3.8, 4) is 0 Å². The normalized spacial score (nSPS) is 16.8. The molecule has 2 heterocycles. The molecule has 2 rings (SSSR count). The van der Waals surface area contributed by atoms with E-state index in [1.807, 2.05) is 20.8 Å². The van der Waals surface area contributed by atoms with E-state index >= 15 is 0 Å².